The van der Waals surface area contributed by atoms with Crippen molar-refractivity contribution in [3.05, 3.63) is 91.6 Å². The average molecular weight is 385 g/mol. The molecule has 0 aromatic carbocycles. The standard InChI is InChI=1S/C11H22.C2H6O2.6C2H4/c1-3-5-7-9-11-10-8-6-4-2;3-1-2-4;6*1-2/h3H,1,4-11H2,2H3;3-4H,1-2H2;6*1-2H2. The Balaban J connectivity index is -0.0000000315. The van der Waals surface area contributed by atoms with E-state index < -0.39 is 0 Å². The van der Waals surface area contributed by atoms with Crippen LogP contribution in [0.4, 0.5) is 0 Å². The van der Waals surface area contributed by atoms with Crippen molar-refractivity contribution >= 4 is 0 Å². The van der Waals surface area contributed by atoms with Crippen LogP contribution in [0.5, 0.6) is 0 Å². The molecule has 164 valence electrons. The maximum atomic E-state index is 7.62. The van der Waals surface area contributed by atoms with E-state index in [4.69, 9.17) is 10.2 Å². The van der Waals surface area contributed by atoms with Crippen molar-refractivity contribution in [1.29, 1.82) is 0 Å². The fourth-order valence-electron chi connectivity index (χ4n) is 1.25. The highest BCUT2D eigenvalue weighted by Crippen LogP contribution is 2.07. The third kappa shape index (κ3) is 233. The fraction of sp³-hybridized carbons (Fsp3) is 0.440. The van der Waals surface area contributed by atoms with Crippen LogP contribution in [0.3, 0.4) is 0 Å². The summed E-state index contributed by atoms with van der Waals surface area (Å²) >= 11 is 0. The van der Waals surface area contributed by atoms with E-state index in [2.05, 4.69) is 92.4 Å². The summed E-state index contributed by atoms with van der Waals surface area (Å²) in [5.74, 6) is 0. The molecule has 0 aliphatic carbocycles. The summed E-state index contributed by atoms with van der Waals surface area (Å²) in [5.41, 5.74) is 0. The van der Waals surface area contributed by atoms with Crippen molar-refractivity contribution in [3.63, 3.8) is 0 Å². The van der Waals surface area contributed by atoms with Gasteiger partial charge in [-0.05, 0) is 12.8 Å². The average Bonchev–Trinajstić information content (AvgIpc) is 2.81. The molecule has 0 amide bonds. The molecular formula is C25H52O2. The van der Waals surface area contributed by atoms with E-state index in [9.17, 15) is 0 Å². The van der Waals surface area contributed by atoms with Gasteiger partial charge in [0.05, 0.1) is 13.2 Å². The molecule has 0 unspecified atom stereocenters. The highest BCUT2D eigenvalue weighted by Gasteiger charge is 1.88. The van der Waals surface area contributed by atoms with Gasteiger partial charge in [0, 0.05) is 0 Å². The topological polar surface area (TPSA) is 40.5 Å². The van der Waals surface area contributed by atoms with Crippen molar-refractivity contribution in [1.82, 2.24) is 0 Å². The summed E-state index contributed by atoms with van der Waals surface area (Å²) in [5, 5.41) is 15.2. The molecule has 0 saturated carbocycles. The lowest BCUT2D eigenvalue weighted by Crippen LogP contribution is -1.85. The zero-order valence-electron chi connectivity index (χ0n) is 18.7. The van der Waals surface area contributed by atoms with Crippen molar-refractivity contribution in [2.24, 2.45) is 0 Å². The molecule has 0 heterocycles. The number of hydrogen-bond donors (Lipinski definition) is 2. The van der Waals surface area contributed by atoms with Crippen molar-refractivity contribution in [2.75, 3.05) is 13.2 Å². The predicted molar refractivity (Wildman–Crippen MR) is 135 cm³/mol. The highest BCUT2D eigenvalue weighted by molar-refractivity contribution is 4.65. The number of allylic oxidation sites excluding steroid dienone is 1. The van der Waals surface area contributed by atoms with Crippen LogP contribution in [-0.4, -0.2) is 23.4 Å². The summed E-state index contributed by atoms with van der Waals surface area (Å²) in [4.78, 5) is 0. The third-order valence-corrected chi connectivity index (χ3v) is 2.11. The lowest BCUT2D eigenvalue weighted by atomic mass is 10.1. The second-order valence-corrected chi connectivity index (χ2v) is 3.65. The quantitative estimate of drug-likeness (QED) is 0.311. The molecule has 2 heteroatoms. The molecule has 27 heavy (non-hydrogen) atoms. The number of aliphatic hydroxyl groups excluding tert-OH is 2. The molecule has 0 fully saturated rings. The lowest BCUT2D eigenvalue weighted by Gasteiger charge is -1.98. The van der Waals surface area contributed by atoms with Crippen molar-refractivity contribution < 1.29 is 10.2 Å². The first-order valence-electron chi connectivity index (χ1n) is 9.16. The van der Waals surface area contributed by atoms with Gasteiger partial charge in [-0.2, -0.15) is 0 Å². The molecule has 2 N–H and O–H groups in total. The predicted octanol–water partition coefficient (Wildman–Crippen LogP) is 8.10. The summed E-state index contributed by atoms with van der Waals surface area (Å²) in [6, 6.07) is 0. The number of hydrogen-bond acceptors (Lipinski definition) is 2. The SMILES string of the molecule is C=C.C=C.C=C.C=C.C=C.C=C.C=CCCCCCCCCC.OCCO. The molecule has 2 nitrogen and oxygen atoms in total. The number of rotatable bonds is 9. The molecule has 0 spiro atoms. The van der Waals surface area contributed by atoms with Crippen LogP contribution in [0.1, 0.15) is 58.3 Å². The molecule has 0 atom stereocenters. The number of aliphatic hydroxyl groups is 2. The lowest BCUT2D eigenvalue weighted by molar-refractivity contribution is 0.186. The van der Waals surface area contributed by atoms with Crippen LogP contribution < -0.4 is 0 Å². The highest BCUT2D eigenvalue weighted by atomic mass is 16.3. The third-order valence-electron chi connectivity index (χ3n) is 2.11. The van der Waals surface area contributed by atoms with Gasteiger partial charge in [-0.15, -0.1) is 85.5 Å². The van der Waals surface area contributed by atoms with Gasteiger partial charge in [0.2, 0.25) is 0 Å². The maximum Gasteiger partial charge on any atom is 0.0662 e. The minimum absolute atomic E-state index is 0.125. The molecule has 0 aromatic heterocycles. The molecular weight excluding hydrogens is 332 g/mol. The van der Waals surface area contributed by atoms with Gasteiger partial charge in [0.1, 0.15) is 0 Å². The first kappa shape index (κ1) is 49.9. The molecule has 0 rings (SSSR count). The van der Waals surface area contributed by atoms with Crippen LogP contribution in [0.15, 0.2) is 91.6 Å². The summed E-state index contributed by atoms with van der Waals surface area (Å²) in [6.07, 6.45) is 13.0. The minimum Gasteiger partial charge on any atom is -0.394 e. The van der Waals surface area contributed by atoms with E-state index in [1.807, 2.05) is 6.08 Å². The largest absolute Gasteiger partial charge is 0.394 e. The first-order chi connectivity index (χ1) is 13.3. The van der Waals surface area contributed by atoms with E-state index in [-0.39, 0.29) is 13.2 Å². The van der Waals surface area contributed by atoms with E-state index in [0.29, 0.717) is 0 Å². The number of unbranched alkanes of at least 4 members (excludes halogenated alkanes) is 7. The Kier molecular flexibility index (Phi) is 287. The van der Waals surface area contributed by atoms with Crippen molar-refractivity contribution in [2.45, 2.75) is 58.3 Å². The Hall–Kier alpha value is -1.90. The van der Waals surface area contributed by atoms with E-state index in [1.165, 1.54) is 51.4 Å². The molecule has 0 aliphatic heterocycles. The molecule has 0 aromatic rings. The van der Waals surface area contributed by atoms with Crippen LogP contribution in [0.2, 0.25) is 0 Å². The Morgan fingerprint density at radius 2 is 0.778 bits per heavy atom. The Morgan fingerprint density at radius 3 is 1.00 bits per heavy atom. The van der Waals surface area contributed by atoms with Gasteiger partial charge in [0.25, 0.3) is 0 Å². The molecule has 0 saturated heterocycles. The maximum absolute atomic E-state index is 7.62. The second kappa shape index (κ2) is 155. The van der Waals surface area contributed by atoms with E-state index >= 15 is 0 Å². The summed E-state index contributed by atoms with van der Waals surface area (Å²) in [6.45, 7) is 41.7. The minimum atomic E-state index is -0.125. The summed E-state index contributed by atoms with van der Waals surface area (Å²) in [7, 11) is 0. The van der Waals surface area contributed by atoms with E-state index in [0.717, 1.165) is 0 Å². The fourth-order valence-corrected chi connectivity index (χ4v) is 1.25. The van der Waals surface area contributed by atoms with Gasteiger partial charge in [-0.25, -0.2) is 0 Å². The Bertz CT molecular complexity index is 152. The smallest absolute Gasteiger partial charge is 0.0662 e. The monoisotopic (exact) mass is 384 g/mol. The second-order valence-electron chi connectivity index (χ2n) is 3.65. The molecule has 0 aliphatic rings. The van der Waals surface area contributed by atoms with Crippen LogP contribution in [-0.2, 0) is 0 Å². The van der Waals surface area contributed by atoms with Gasteiger partial charge >= 0.3 is 0 Å². The molecule has 0 bridgehead atoms. The normalized spacial score (nSPS) is 6.04. The van der Waals surface area contributed by atoms with Gasteiger partial charge in [-0.1, -0.05) is 51.5 Å². The summed E-state index contributed by atoms with van der Waals surface area (Å²) < 4.78 is 0. The van der Waals surface area contributed by atoms with E-state index in [1.54, 1.807) is 0 Å². The first-order valence-corrected chi connectivity index (χ1v) is 9.16. The Morgan fingerprint density at radius 1 is 0.519 bits per heavy atom. The van der Waals surface area contributed by atoms with Gasteiger partial charge < -0.3 is 10.2 Å². The zero-order valence-corrected chi connectivity index (χ0v) is 18.7. The Labute approximate surface area is 173 Å². The van der Waals surface area contributed by atoms with Crippen LogP contribution >= 0.6 is 0 Å². The molecule has 0 radical (unpaired) electrons. The zero-order chi connectivity index (χ0) is 23.8. The van der Waals surface area contributed by atoms with Gasteiger partial charge in [0.15, 0.2) is 0 Å². The van der Waals surface area contributed by atoms with Gasteiger partial charge in [-0.3, -0.25) is 0 Å². The van der Waals surface area contributed by atoms with Crippen molar-refractivity contribution in [3.8, 4) is 0 Å². The van der Waals surface area contributed by atoms with Crippen LogP contribution in [0.25, 0.3) is 0 Å². The van der Waals surface area contributed by atoms with Crippen LogP contribution in [0, 0.1) is 0 Å².